The fourth-order valence-corrected chi connectivity index (χ4v) is 1.91. The lowest BCUT2D eigenvalue weighted by Crippen LogP contribution is -2.17. The summed E-state index contributed by atoms with van der Waals surface area (Å²) in [6, 6.07) is 14.5. The van der Waals surface area contributed by atoms with Gasteiger partial charge in [-0.2, -0.15) is 0 Å². The number of rotatable bonds is 4. The van der Waals surface area contributed by atoms with Gasteiger partial charge < -0.3 is 11.5 Å². The summed E-state index contributed by atoms with van der Waals surface area (Å²) in [5.41, 5.74) is 12.5. The molecule has 0 saturated carbocycles. The third kappa shape index (κ3) is 2.82. The molecule has 0 aliphatic carbocycles. The Morgan fingerprint density at radius 2 is 1.82 bits per heavy atom. The molecular formula is C14H17N3. The predicted octanol–water partition coefficient (Wildman–Crippen LogP) is 1.70. The third-order valence-electron chi connectivity index (χ3n) is 2.70. The first kappa shape index (κ1) is 11.6. The van der Waals surface area contributed by atoms with E-state index in [1.54, 1.807) is 0 Å². The molecule has 88 valence electrons. The molecule has 0 aliphatic heterocycles. The topological polar surface area (TPSA) is 64.4 Å². The zero-order valence-electron chi connectivity index (χ0n) is 9.76. The van der Waals surface area contributed by atoms with E-state index in [2.05, 4.69) is 29.3 Å². The molecule has 0 aliphatic rings. The highest BCUT2D eigenvalue weighted by atomic mass is 14.9. The van der Waals surface area contributed by atoms with Crippen LogP contribution in [0.3, 0.4) is 0 Å². The molecule has 0 unspecified atom stereocenters. The minimum absolute atomic E-state index is 0.538. The number of nitrogens with two attached hydrogens (primary N) is 2. The van der Waals surface area contributed by atoms with Gasteiger partial charge >= 0.3 is 0 Å². The molecule has 0 bridgehead atoms. The van der Waals surface area contributed by atoms with Gasteiger partial charge in [-0.15, -0.1) is 0 Å². The van der Waals surface area contributed by atoms with Crippen LogP contribution in [-0.2, 0) is 6.42 Å². The van der Waals surface area contributed by atoms with E-state index in [-0.39, 0.29) is 0 Å². The van der Waals surface area contributed by atoms with Crippen LogP contribution in [0.4, 0.5) is 0 Å². The molecule has 0 radical (unpaired) electrons. The van der Waals surface area contributed by atoms with Gasteiger partial charge in [0.05, 0.1) is 12.4 Å². The van der Waals surface area contributed by atoms with Crippen LogP contribution in [0.5, 0.6) is 0 Å². The van der Waals surface area contributed by atoms with Crippen molar-refractivity contribution < 1.29 is 0 Å². The summed E-state index contributed by atoms with van der Waals surface area (Å²) in [4.78, 5) is 4.21. The van der Waals surface area contributed by atoms with Crippen LogP contribution in [0.1, 0.15) is 5.56 Å². The molecule has 0 amide bonds. The molecule has 3 heteroatoms. The van der Waals surface area contributed by atoms with Crippen LogP contribution < -0.4 is 11.5 Å². The molecule has 2 aromatic rings. The van der Waals surface area contributed by atoms with Gasteiger partial charge in [0, 0.05) is 13.0 Å². The van der Waals surface area contributed by atoms with Crippen molar-refractivity contribution in [1.29, 1.82) is 0 Å². The van der Waals surface area contributed by atoms with Crippen LogP contribution in [0.2, 0.25) is 0 Å². The molecular weight excluding hydrogens is 210 g/mol. The van der Waals surface area contributed by atoms with Crippen molar-refractivity contribution in [1.82, 2.24) is 0 Å². The maximum Gasteiger partial charge on any atom is 0.0982 e. The van der Waals surface area contributed by atoms with Gasteiger partial charge in [0.25, 0.3) is 0 Å². The second-order valence-corrected chi connectivity index (χ2v) is 3.98. The normalized spacial score (nSPS) is 11.9. The van der Waals surface area contributed by atoms with Gasteiger partial charge in [-0.3, -0.25) is 4.99 Å². The summed E-state index contributed by atoms with van der Waals surface area (Å²) in [5.74, 6) is 0.645. The monoisotopic (exact) mass is 227 g/mol. The summed E-state index contributed by atoms with van der Waals surface area (Å²) in [6.07, 6.45) is 0.682. The standard InChI is InChI=1S/C14H17N3/c15-8-9-17-14(16)10-12-6-3-5-11-4-1-2-7-13(11)12/h1-7H,8-10,15H2,(H2,16,17). The average molecular weight is 227 g/mol. The Bertz CT molecular complexity index is 526. The Morgan fingerprint density at radius 3 is 2.65 bits per heavy atom. The zero-order chi connectivity index (χ0) is 12.1. The highest BCUT2D eigenvalue weighted by molar-refractivity contribution is 5.91. The fraction of sp³-hybridized carbons (Fsp3) is 0.214. The summed E-state index contributed by atoms with van der Waals surface area (Å²) < 4.78 is 0. The van der Waals surface area contributed by atoms with E-state index in [4.69, 9.17) is 11.5 Å². The Balaban J connectivity index is 2.30. The second-order valence-electron chi connectivity index (χ2n) is 3.98. The minimum Gasteiger partial charge on any atom is -0.387 e. The molecule has 0 atom stereocenters. The molecule has 17 heavy (non-hydrogen) atoms. The Labute approximate surface area is 101 Å². The van der Waals surface area contributed by atoms with E-state index in [1.165, 1.54) is 16.3 Å². The molecule has 2 aromatic carbocycles. The Kier molecular flexibility index (Phi) is 3.73. The first-order valence-electron chi connectivity index (χ1n) is 5.77. The lowest BCUT2D eigenvalue weighted by Gasteiger charge is -2.06. The van der Waals surface area contributed by atoms with Crippen LogP contribution in [0.15, 0.2) is 47.5 Å². The van der Waals surface area contributed by atoms with Crippen LogP contribution in [0, 0.1) is 0 Å². The molecule has 0 aromatic heterocycles. The molecule has 0 spiro atoms. The van der Waals surface area contributed by atoms with Crippen molar-refractivity contribution in [2.75, 3.05) is 13.1 Å². The first-order valence-corrected chi connectivity index (χ1v) is 5.77. The summed E-state index contributed by atoms with van der Waals surface area (Å²) in [7, 11) is 0. The SMILES string of the molecule is NCCN=C(N)Cc1cccc2ccccc12. The van der Waals surface area contributed by atoms with E-state index in [9.17, 15) is 0 Å². The largest absolute Gasteiger partial charge is 0.387 e. The highest BCUT2D eigenvalue weighted by Gasteiger charge is 2.01. The molecule has 4 N–H and O–H groups in total. The van der Waals surface area contributed by atoms with Gasteiger partial charge in [0.1, 0.15) is 0 Å². The van der Waals surface area contributed by atoms with Gasteiger partial charge in [-0.1, -0.05) is 42.5 Å². The van der Waals surface area contributed by atoms with Crippen molar-refractivity contribution >= 4 is 16.6 Å². The Morgan fingerprint density at radius 1 is 1.06 bits per heavy atom. The quantitative estimate of drug-likeness (QED) is 0.616. The summed E-state index contributed by atoms with van der Waals surface area (Å²) >= 11 is 0. The minimum atomic E-state index is 0.538. The summed E-state index contributed by atoms with van der Waals surface area (Å²) in [6.45, 7) is 1.13. The smallest absolute Gasteiger partial charge is 0.0982 e. The van der Waals surface area contributed by atoms with Crippen molar-refractivity contribution in [3.05, 3.63) is 48.0 Å². The van der Waals surface area contributed by atoms with E-state index in [0.717, 1.165) is 0 Å². The number of hydrogen-bond acceptors (Lipinski definition) is 2. The van der Waals surface area contributed by atoms with Crippen LogP contribution >= 0.6 is 0 Å². The van der Waals surface area contributed by atoms with Gasteiger partial charge in [0.2, 0.25) is 0 Å². The highest BCUT2D eigenvalue weighted by Crippen LogP contribution is 2.18. The predicted molar refractivity (Wildman–Crippen MR) is 73.2 cm³/mol. The number of fused-ring (bicyclic) bond motifs is 1. The van der Waals surface area contributed by atoms with Crippen molar-refractivity contribution in [2.45, 2.75) is 6.42 Å². The third-order valence-corrected chi connectivity index (χ3v) is 2.70. The van der Waals surface area contributed by atoms with Crippen molar-refractivity contribution in [2.24, 2.45) is 16.5 Å². The van der Waals surface area contributed by atoms with E-state index < -0.39 is 0 Å². The van der Waals surface area contributed by atoms with Gasteiger partial charge in [-0.05, 0) is 16.3 Å². The molecule has 0 fully saturated rings. The number of amidine groups is 1. The van der Waals surface area contributed by atoms with E-state index in [0.29, 0.717) is 25.3 Å². The molecule has 0 saturated heterocycles. The molecule has 3 nitrogen and oxygen atoms in total. The van der Waals surface area contributed by atoms with E-state index >= 15 is 0 Å². The molecule has 0 heterocycles. The van der Waals surface area contributed by atoms with Gasteiger partial charge in [0.15, 0.2) is 0 Å². The Hall–Kier alpha value is -1.87. The maximum absolute atomic E-state index is 5.88. The van der Waals surface area contributed by atoms with Crippen molar-refractivity contribution in [3.63, 3.8) is 0 Å². The lowest BCUT2D eigenvalue weighted by molar-refractivity contribution is 0.966. The number of hydrogen-bond donors (Lipinski definition) is 2. The van der Waals surface area contributed by atoms with E-state index in [1.807, 2.05) is 18.2 Å². The number of nitrogens with zero attached hydrogens (tertiary/aromatic N) is 1. The molecule has 2 rings (SSSR count). The van der Waals surface area contributed by atoms with Crippen LogP contribution in [0.25, 0.3) is 10.8 Å². The number of benzene rings is 2. The lowest BCUT2D eigenvalue weighted by atomic mass is 10.0. The van der Waals surface area contributed by atoms with Gasteiger partial charge in [-0.25, -0.2) is 0 Å². The first-order chi connectivity index (χ1) is 8.31. The van der Waals surface area contributed by atoms with Crippen LogP contribution in [-0.4, -0.2) is 18.9 Å². The zero-order valence-corrected chi connectivity index (χ0v) is 9.76. The number of aliphatic imine (C=N–C) groups is 1. The maximum atomic E-state index is 5.88. The summed E-state index contributed by atoms with van der Waals surface area (Å²) in [5, 5.41) is 2.47. The fourth-order valence-electron chi connectivity index (χ4n) is 1.91. The van der Waals surface area contributed by atoms with Crippen molar-refractivity contribution in [3.8, 4) is 0 Å². The average Bonchev–Trinajstić information content (AvgIpc) is 2.37. The second kappa shape index (κ2) is 5.46.